The second-order valence-corrected chi connectivity index (χ2v) is 4.16. The van der Waals surface area contributed by atoms with Gasteiger partial charge in [-0.2, -0.15) is 0 Å². The van der Waals surface area contributed by atoms with Crippen LogP contribution in [0.25, 0.3) is 0 Å². The SMILES string of the molecule is O=C(N[C@@H](CO)c1ccccc1)[C@H]1CCCO1. The van der Waals surface area contributed by atoms with Crippen molar-refractivity contribution in [3.63, 3.8) is 0 Å². The van der Waals surface area contributed by atoms with Gasteiger partial charge in [0.05, 0.1) is 12.6 Å². The lowest BCUT2D eigenvalue weighted by molar-refractivity contribution is -0.131. The van der Waals surface area contributed by atoms with Crippen LogP contribution < -0.4 is 5.32 Å². The predicted octanol–water partition coefficient (Wildman–Crippen LogP) is 1.02. The first-order valence-electron chi connectivity index (χ1n) is 5.89. The number of aliphatic hydroxyl groups excluding tert-OH is 1. The third-order valence-corrected chi connectivity index (χ3v) is 2.92. The number of rotatable bonds is 4. The van der Waals surface area contributed by atoms with E-state index in [4.69, 9.17) is 4.74 Å². The molecule has 17 heavy (non-hydrogen) atoms. The molecule has 1 heterocycles. The van der Waals surface area contributed by atoms with Gasteiger partial charge in [0.15, 0.2) is 0 Å². The predicted molar refractivity (Wildman–Crippen MR) is 63.4 cm³/mol. The summed E-state index contributed by atoms with van der Waals surface area (Å²) in [5.74, 6) is -0.134. The van der Waals surface area contributed by atoms with Gasteiger partial charge in [0, 0.05) is 6.61 Å². The summed E-state index contributed by atoms with van der Waals surface area (Å²) in [6, 6.07) is 9.09. The molecule has 4 nitrogen and oxygen atoms in total. The van der Waals surface area contributed by atoms with E-state index in [0.717, 1.165) is 18.4 Å². The van der Waals surface area contributed by atoms with Gasteiger partial charge in [-0.15, -0.1) is 0 Å². The van der Waals surface area contributed by atoms with Gasteiger partial charge >= 0.3 is 0 Å². The number of carbonyl (C=O) groups is 1. The van der Waals surface area contributed by atoms with Crippen LogP contribution in [-0.4, -0.2) is 30.3 Å². The summed E-state index contributed by atoms with van der Waals surface area (Å²) in [6.07, 6.45) is 1.33. The maximum absolute atomic E-state index is 11.8. The van der Waals surface area contributed by atoms with Crippen molar-refractivity contribution in [3.05, 3.63) is 35.9 Å². The second kappa shape index (κ2) is 5.80. The Hall–Kier alpha value is -1.39. The van der Waals surface area contributed by atoms with Gasteiger partial charge in [-0.25, -0.2) is 0 Å². The zero-order valence-electron chi connectivity index (χ0n) is 9.63. The summed E-state index contributed by atoms with van der Waals surface area (Å²) >= 11 is 0. The average molecular weight is 235 g/mol. The van der Waals surface area contributed by atoms with Crippen LogP contribution in [0.2, 0.25) is 0 Å². The highest BCUT2D eigenvalue weighted by molar-refractivity contribution is 5.81. The molecule has 0 aromatic heterocycles. The Balaban J connectivity index is 1.97. The summed E-state index contributed by atoms with van der Waals surface area (Å²) in [4.78, 5) is 11.8. The Morgan fingerprint density at radius 2 is 2.24 bits per heavy atom. The van der Waals surface area contributed by atoms with Gasteiger partial charge in [0.25, 0.3) is 0 Å². The maximum Gasteiger partial charge on any atom is 0.249 e. The zero-order chi connectivity index (χ0) is 12.1. The third kappa shape index (κ3) is 3.05. The minimum atomic E-state index is -0.354. The number of aliphatic hydroxyl groups is 1. The fourth-order valence-electron chi connectivity index (χ4n) is 1.97. The molecule has 2 rings (SSSR count). The number of nitrogens with one attached hydrogen (secondary N) is 1. The van der Waals surface area contributed by atoms with Crippen molar-refractivity contribution in [1.82, 2.24) is 5.32 Å². The fourth-order valence-corrected chi connectivity index (χ4v) is 1.97. The van der Waals surface area contributed by atoms with Crippen molar-refractivity contribution in [1.29, 1.82) is 0 Å². The number of amides is 1. The Morgan fingerprint density at radius 3 is 2.82 bits per heavy atom. The first-order chi connectivity index (χ1) is 8.31. The first-order valence-corrected chi connectivity index (χ1v) is 5.89. The van der Waals surface area contributed by atoms with Gasteiger partial charge in [-0.05, 0) is 18.4 Å². The van der Waals surface area contributed by atoms with Crippen molar-refractivity contribution in [2.75, 3.05) is 13.2 Å². The van der Waals surface area contributed by atoms with E-state index in [9.17, 15) is 9.90 Å². The second-order valence-electron chi connectivity index (χ2n) is 4.16. The lowest BCUT2D eigenvalue weighted by Crippen LogP contribution is -2.38. The van der Waals surface area contributed by atoms with E-state index in [0.29, 0.717) is 6.61 Å². The molecule has 0 saturated carbocycles. The quantitative estimate of drug-likeness (QED) is 0.819. The molecule has 1 aliphatic rings. The molecule has 1 amide bonds. The van der Waals surface area contributed by atoms with Gasteiger partial charge in [-0.3, -0.25) is 4.79 Å². The van der Waals surface area contributed by atoms with Crippen LogP contribution >= 0.6 is 0 Å². The van der Waals surface area contributed by atoms with Crippen molar-refractivity contribution >= 4 is 5.91 Å². The first kappa shape index (κ1) is 12.1. The average Bonchev–Trinajstić information content (AvgIpc) is 2.90. The van der Waals surface area contributed by atoms with E-state index in [1.807, 2.05) is 30.3 Å². The smallest absolute Gasteiger partial charge is 0.249 e. The number of hydrogen-bond acceptors (Lipinski definition) is 3. The van der Waals surface area contributed by atoms with Gasteiger partial charge in [0.1, 0.15) is 6.10 Å². The van der Waals surface area contributed by atoms with Crippen molar-refractivity contribution < 1.29 is 14.6 Å². The van der Waals surface area contributed by atoms with Crippen LogP contribution in [0.5, 0.6) is 0 Å². The molecule has 2 N–H and O–H groups in total. The van der Waals surface area contributed by atoms with Crippen LogP contribution in [0.1, 0.15) is 24.4 Å². The number of benzene rings is 1. The fraction of sp³-hybridized carbons (Fsp3) is 0.462. The molecule has 1 fully saturated rings. The minimum absolute atomic E-state index is 0.109. The monoisotopic (exact) mass is 235 g/mol. The molecule has 1 aromatic carbocycles. The van der Waals surface area contributed by atoms with E-state index >= 15 is 0 Å². The molecule has 0 aliphatic carbocycles. The molecule has 2 atom stereocenters. The number of ether oxygens (including phenoxy) is 1. The standard InChI is InChI=1S/C13H17NO3/c15-9-11(10-5-2-1-3-6-10)14-13(16)12-7-4-8-17-12/h1-3,5-6,11-12,15H,4,7-9H2,(H,14,16)/t11-,12+/m0/s1. The summed E-state index contributed by atoms with van der Waals surface area (Å²) in [5, 5.41) is 12.1. The van der Waals surface area contributed by atoms with E-state index in [1.54, 1.807) is 0 Å². The van der Waals surface area contributed by atoms with E-state index in [1.165, 1.54) is 0 Å². The normalized spacial score (nSPS) is 21.1. The lowest BCUT2D eigenvalue weighted by Gasteiger charge is -2.19. The molecule has 0 radical (unpaired) electrons. The van der Waals surface area contributed by atoms with Gasteiger partial charge in [0.2, 0.25) is 5.91 Å². The number of carbonyl (C=O) groups excluding carboxylic acids is 1. The van der Waals surface area contributed by atoms with Crippen molar-refractivity contribution in [2.24, 2.45) is 0 Å². The Morgan fingerprint density at radius 1 is 1.47 bits per heavy atom. The van der Waals surface area contributed by atoms with Gasteiger partial charge in [-0.1, -0.05) is 30.3 Å². The molecule has 0 unspecified atom stereocenters. The molecule has 1 aliphatic heterocycles. The Kier molecular flexibility index (Phi) is 4.12. The van der Waals surface area contributed by atoms with Crippen LogP contribution in [0.15, 0.2) is 30.3 Å². The summed E-state index contributed by atoms with van der Waals surface area (Å²) in [5.41, 5.74) is 0.904. The van der Waals surface area contributed by atoms with Crippen LogP contribution in [0.4, 0.5) is 0 Å². The van der Waals surface area contributed by atoms with E-state index in [2.05, 4.69) is 5.32 Å². The van der Waals surface area contributed by atoms with E-state index in [-0.39, 0.29) is 24.7 Å². The van der Waals surface area contributed by atoms with E-state index < -0.39 is 0 Å². The highest BCUT2D eigenvalue weighted by atomic mass is 16.5. The molecule has 0 bridgehead atoms. The Bertz CT molecular complexity index is 360. The Labute approximate surface area is 101 Å². The largest absolute Gasteiger partial charge is 0.394 e. The lowest BCUT2D eigenvalue weighted by atomic mass is 10.1. The van der Waals surface area contributed by atoms with Crippen molar-refractivity contribution in [3.8, 4) is 0 Å². The highest BCUT2D eigenvalue weighted by Crippen LogP contribution is 2.16. The van der Waals surface area contributed by atoms with Crippen LogP contribution in [-0.2, 0) is 9.53 Å². The maximum atomic E-state index is 11.8. The highest BCUT2D eigenvalue weighted by Gasteiger charge is 2.25. The molecular formula is C13H17NO3. The number of hydrogen-bond donors (Lipinski definition) is 2. The minimum Gasteiger partial charge on any atom is -0.394 e. The third-order valence-electron chi connectivity index (χ3n) is 2.92. The summed E-state index contributed by atoms with van der Waals surface area (Å²) in [6.45, 7) is 0.537. The zero-order valence-corrected chi connectivity index (χ0v) is 9.63. The topological polar surface area (TPSA) is 58.6 Å². The molecule has 0 spiro atoms. The van der Waals surface area contributed by atoms with Crippen LogP contribution in [0, 0.1) is 0 Å². The molecule has 1 saturated heterocycles. The van der Waals surface area contributed by atoms with Crippen molar-refractivity contribution in [2.45, 2.75) is 25.0 Å². The molecule has 92 valence electrons. The van der Waals surface area contributed by atoms with Gasteiger partial charge < -0.3 is 15.2 Å². The molecule has 4 heteroatoms. The molecule has 1 aromatic rings. The summed E-state index contributed by atoms with van der Waals surface area (Å²) < 4.78 is 5.30. The summed E-state index contributed by atoms with van der Waals surface area (Å²) in [7, 11) is 0. The molecular weight excluding hydrogens is 218 g/mol. The van der Waals surface area contributed by atoms with Crippen LogP contribution in [0.3, 0.4) is 0 Å².